The summed E-state index contributed by atoms with van der Waals surface area (Å²) in [6, 6.07) is 7.65. The van der Waals surface area contributed by atoms with Crippen molar-refractivity contribution in [1.29, 1.82) is 0 Å². The Kier molecular flexibility index (Phi) is 3.85. The summed E-state index contributed by atoms with van der Waals surface area (Å²) in [4.78, 5) is 2.45. The molecule has 0 bridgehead atoms. The predicted octanol–water partition coefficient (Wildman–Crippen LogP) is 2.79. The van der Waals surface area contributed by atoms with Gasteiger partial charge >= 0.3 is 0 Å². The Morgan fingerprint density at radius 1 is 1.24 bits per heavy atom. The van der Waals surface area contributed by atoms with E-state index in [9.17, 15) is 0 Å². The number of nitrogens with zero attached hydrogens (tertiary/aromatic N) is 1. The first-order chi connectivity index (χ1) is 8.06. The Hall–Kier alpha value is -0.860. The van der Waals surface area contributed by atoms with Gasteiger partial charge in [0, 0.05) is 12.1 Å². The summed E-state index contributed by atoms with van der Waals surface area (Å²) in [5.74, 6) is 0. The molecule has 1 fully saturated rings. The summed E-state index contributed by atoms with van der Waals surface area (Å²) < 4.78 is 0. The maximum absolute atomic E-state index is 6.27. The topological polar surface area (TPSA) is 29.3 Å². The van der Waals surface area contributed by atoms with E-state index in [1.807, 2.05) is 0 Å². The van der Waals surface area contributed by atoms with Gasteiger partial charge in [-0.05, 0) is 52.3 Å². The molecule has 1 aromatic carbocycles. The SMILES string of the molecule is Cc1cc(C)cc(C(N)CCN(C)C2CC2)c1. The van der Waals surface area contributed by atoms with Crippen molar-refractivity contribution in [2.45, 2.75) is 45.2 Å². The summed E-state index contributed by atoms with van der Waals surface area (Å²) in [7, 11) is 2.21. The third-order valence-electron chi connectivity index (χ3n) is 3.64. The Morgan fingerprint density at radius 3 is 2.35 bits per heavy atom. The largest absolute Gasteiger partial charge is 0.324 e. The summed E-state index contributed by atoms with van der Waals surface area (Å²) >= 11 is 0. The van der Waals surface area contributed by atoms with Crippen molar-refractivity contribution in [3.05, 3.63) is 34.9 Å². The molecule has 17 heavy (non-hydrogen) atoms. The average molecular weight is 232 g/mol. The second-order valence-electron chi connectivity index (χ2n) is 5.53. The Bertz CT molecular complexity index is 362. The van der Waals surface area contributed by atoms with E-state index in [2.05, 4.69) is 44.0 Å². The minimum Gasteiger partial charge on any atom is -0.324 e. The van der Waals surface area contributed by atoms with Gasteiger partial charge in [0.25, 0.3) is 0 Å². The van der Waals surface area contributed by atoms with Crippen molar-refractivity contribution in [3.63, 3.8) is 0 Å². The van der Waals surface area contributed by atoms with Crippen LogP contribution in [0.15, 0.2) is 18.2 Å². The highest BCUT2D eigenvalue weighted by atomic mass is 15.1. The van der Waals surface area contributed by atoms with Gasteiger partial charge in [-0.15, -0.1) is 0 Å². The van der Waals surface area contributed by atoms with Crippen LogP contribution < -0.4 is 5.73 Å². The predicted molar refractivity (Wildman–Crippen MR) is 73.1 cm³/mol. The summed E-state index contributed by atoms with van der Waals surface area (Å²) in [5.41, 5.74) is 10.2. The van der Waals surface area contributed by atoms with Crippen molar-refractivity contribution >= 4 is 0 Å². The molecule has 1 unspecified atom stereocenters. The molecule has 0 amide bonds. The Morgan fingerprint density at radius 2 is 1.82 bits per heavy atom. The molecule has 0 radical (unpaired) electrons. The molecule has 1 aliphatic carbocycles. The van der Waals surface area contributed by atoms with E-state index in [-0.39, 0.29) is 6.04 Å². The van der Waals surface area contributed by atoms with Crippen molar-refractivity contribution in [3.8, 4) is 0 Å². The second-order valence-corrected chi connectivity index (χ2v) is 5.53. The highest BCUT2D eigenvalue weighted by Gasteiger charge is 2.25. The molecule has 0 aliphatic heterocycles. The lowest BCUT2D eigenvalue weighted by atomic mass is 10.00. The van der Waals surface area contributed by atoms with Crippen molar-refractivity contribution in [2.24, 2.45) is 5.73 Å². The van der Waals surface area contributed by atoms with Gasteiger partial charge in [0.2, 0.25) is 0 Å². The van der Waals surface area contributed by atoms with Crippen LogP contribution in [0.5, 0.6) is 0 Å². The number of hydrogen-bond acceptors (Lipinski definition) is 2. The normalized spacial score (nSPS) is 17.5. The third-order valence-corrected chi connectivity index (χ3v) is 3.64. The molecule has 2 nitrogen and oxygen atoms in total. The molecular formula is C15H24N2. The number of aryl methyl sites for hydroxylation is 2. The fourth-order valence-corrected chi connectivity index (χ4v) is 2.43. The molecule has 1 atom stereocenters. The molecule has 0 aromatic heterocycles. The quantitative estimate of drug-likeness (QED) is 0.846. The van der Waals surface area contributed by atoms with E-state index in [1.54, 1.807) is 0 Å². The molecular weight excluding hydrogens is 208 g/mol. The lowest BCUT2D eigenvalue weighted by Crippen LogP contribution is -2.25. The van der Waals surface area contributed by atoms with Crippen LogP contribution in [0.4, 0.5) is 0 Å². The van der Waals surface area contributed by atoms with Crippen molar-refractivity contribution < 1.29 is 0 Å². The first kappa shape index (κ1) is 12.6. The zero-order valence-corrected chi connectivity index (χ0v) is 11.2. The highest BCUT2D eigenvalue weighted by molar-refractivity contribution is 5.30. The van der Waals surface area contributed by atoms with E-state index in [4.69, 9.17) is 5.73 Å². The van der Waals surface area contributed by atoms with Crippen LogP contribution in [-0.4, -0.2) is 24.5 Å². The fraction of sp³-hybridized carbons (Fsp3) is 0.600. The lowest BCUT2D eigenvalue weighted by molar-refractivity contribution is 0.309. The van der Waals surface area contributed by atoms with Crippen LogP contribution in [0, 0.1) is 13.8 Å². The molecule has 1 aliphatic rings. The van der Waals surface area contributed by atoms with Crippen molar-refractivity contribution in [2.75, 3.05) is 13.6 Å². The summed E-state index contributed by atoms with van der Waals surface area (Å²) in [6.07, 6.45) is 3.79. The van der Waals surface area contributed by atoms with E-state index < -0.39 is 0 Å². The monoisotopic (exact) mass is 232 g/mol. The van der Waals surface area contributed by atoms with Crippen molar-refractivity contribution in [1.82, 2.24) is 4.90 Å². The van der Waals surface area contributed by atoms with E-state index >= 15 is 0 Å². The molecule has 0 heterocycles. The van der Waals surface area contributed by atoms with Crippen LogP contribution in [0.25, 0.3) is 0 Å². The maximum atomic E-state index is 6.27. The number of nitrogens with two attached hydrogens (primary N) is 1. The minimum absolute atomic E-state index is 0.176. The number of benzene rings is 1. The molecule has 2 heteroatoms. The molecule has 1 aromatic rings. The highest BCUT2D eigenvalue weighted by Crippen LogP contribution is 2.26. The van der Waals surface area contributed by atoms with Crippen LogP contribution >= 0.6 is 0 Å². The molecule has 0 spiro atoms. The van der Waals surface area contributed by atoms with Gasteiger partial charge in [-0.2, -0.15) is 0 Å². The summed E-state index contributed by atoms with van der Waals surface area (Å²) in [5, 5.41) is 0. The van der Waals surface area contributed by atoms with E-state index in [0.29, 0.717) is 0 Å². The Balaban J connectivity index is 1.91. The third kappa shape index (κ3) is 3.55. The molecule has 0 saturated heterocycles. The first-order valence-corrected chi connectivity index (χ1v) is 6.60. The van der Waals surface area contributed by atoms with Gasteiger partial charge in [0.15, 0.2) is 0 Å². The van der Waals surface area contributed by atoms with Gasteiger partial charge < -0.3 is 10.6 Å². The fourth-order valence-electron chi connectivity index (χ4n) is 2.43. The Labute approximate surface area is 105 Å². The molecule has 2 N–H and O–H groups in total. The maximum Gasteiger partial charge on any atom is 0.0307 e. The average Bonchev–Trinajstić information content (AvgIpc) is 3.07. The first-order valence-electron chi connectivity index (χ1n) is 6.60. The zero-order chi connectivity index (χ0) is 12.4. The zero-order valence-electron chi connectivity index (χ0n) is 11.2. The number of hydrogen-bond donors (Lipinski definition) is 1. The van der Waals surface area contributed by atoms with Gasteiger partial charge in [-0.1, -0.05) is 29.3 Å². The van der Waals surface area contributed by atoms with Gasteiger partial charge in [0.05, 0.1) is 0 Å². The lowest BCUT2D eigenvalue weighted by Gasteiger charge is -2.19. The standard InChI is InChI=1S/C15H24N2/c1-11-8-12(2)10-13(9-11)15(16)6-7-17(3)14-4-5-14/h8-10,14-15H,4-7,16H2,1-3H3. The van der Waals surface area contributed by atoms with Crippen LogP contribution in [0.2, 0.25) is 0 Å². The van der Waals surface area contributed by atoms with Gasteiger partial charge in [-0.3, -0.25) is 0 Å². The van der Waals surface area contributed by atoms with Crippen LogP contribution in [0.1, 0.15) is 42.0 Å². The molecule has 2 rings (SSSR count). The minimum atomic E-state index is 0.176. The van der Waals surface area contributed by atoms with Gasteiger partial charge in [-0.25, -0.2) is 0 Å². The van der Waals surface area contributed by atoms with E-state index in [1.165, 1.54) is 29.5 Å². The smallest absolute Gasteiger partial charge is 0.0307 e. The van der Waals surface area contributed by atoms with Crippen LogP contribution in [0.3, 0.4) is 0 Å². The van der Waals surface area contributed by atoms with E-state index in [0.717, 1.165) is 19.0 Å². The molecule has 94 valence electrons. The van der Waals surface area contributed by atoms with Crippen LogP contribution in [-0.2, 0) is 0 Å². The second kappa shape index (κ2) is 5.19. The number of rotatable bonds is 5. The van der Waals surface area contributed by atoms with Gasteiger partial charge in [0.1, 0.15) is 0 Å². The summed E-state index contributed by atoms with van der Waals surface area (Å²) in [6.45, 7) is 5.39. The molecule has 1 saturated carbocycles.